The summed E-state index contributed by atoms with van der Waals surface area (Å²) in [4.78, 5) is 15.3. The number of hydrogen-bond donors (Lipinski definition) is 1. The van der Waals surface area contributed by atoms with Gasteiger partial charge in [0.05, 0.1) is 0 Å². The average molecular weight is 324 g/mol. The molecule has 4 nitrogen and oxygen atoms in total. The number of hydrogen-bond acceptors (Lipinski definition) is 4. The summed E-state index contributed by atoms with van der Waals surface area (Å²) in [6, 6.07) is 4.29. The number of amides is 1. The van der Waals surface area contributed by atoms with Crippen molar-refractivity contribution in [2.75, 3.05) is 26.2 Å². The fraction of sp³-hybridized carbons (Fsp3) is 0.706. The lowest BCUT2D eigenvalue weighted by Gasteiger charge is -2.33. The highest BCUT2D eigenvalue weighted by atomic mass is 32.1. The number of carbonyl (C=O) groups excluding carboxylic acids is 1. The molecule has 1 fully saturated rings. The van der Waals surface area contributed by atoms with Crippen molar-refractivity contribution in [2.24, 2.45) is 5.92 Å². The Morgan fingerprint density at radius 2 is 2.14 bits per heavy atom. The fourth-order valence-corrected chi connectivity index (χ4v) is 3.33. The third-order valence-electron chi connectivity index (χ3n) is 3.83. The van der Waals surface area contributed by atoms with Gasteiger partial charge in [0.15, 0.2) is 0 Å². The van der Waals surface area contributed by atoms with E-state index in [-0.39, 0.29) is 6.09 Å². The van der Waals surface area contributed by atoms with Crippen molar-refractivity contribution in [3.8, 4) is 0 Å². The van der Waals surface area contributed by atoms with Crippen LogP contribution in [0.5, 0.6) is 0 Å². The van der Waals surface area contributed by atoms with Gasteiger partial charge in [-0.15, -0.1) is 11.3 Å². The molecule has 0 spiro atoms. The number of nitrogens with zero attached hydrogens (tertiary/aromatic N) is 1. The Kier molecular flexibility index (Phi) is 6.26. The Labute approximate surface area is 137 Å². The van der Waals surface area contributed by atoms with Crippen LogP contribution >= 0.6 is 11.3 Å². The summed E-state index contributed by atoms with van der Waals surface area (Å²) in [5, 5.41) is 5.67. The number of likely N-dealkylation sites (tertiary alicyclic amines) is 1. The predicted molar refractivity (Wildman–Crippen MR) is 91.4 cm³/mol. The van der Waals surface area contributed by atoms with Crippen LogP contribution in [0.2, 0.25) is 0 Å². The Hall–Kier alpha value is -1.07. The monoisotopic (exact) mass is 324 g/mol. The molecule has 0 bridgehead atoms. The molecule has 124 valence electrons. The van der Waals surface area contributed by atoms with Gasteiger partial charge in [-0.05, 0) is 70.5 Å². The van der Waals surface area contributed by atoms with E-state index in [2.05, 4.69) is 22.8 Å². The van der Waals surface area contributed by atoms with Crippen LogP contribution in [-0.2, 0) is 11.2 Å². The first-order valence-corrected chi connectivity index (χ1v) is 9.03. The van der Waals surface area contributed by atoms with Gasteiger partial charge in [0, 0.05) is 18.0 Å². The molecule has 0 radical (unpaired) electrons. The molecule has 0 aliphatic carbocycles. The first-order chi connectivity index (χ1) is 10.4. The molecule has 1 aromatic heterocycles. The standard InChI is InChI=1S/C17H28N2O2S/c1-17(2,3)21-16(20)19-10-7-14(8-11-19)13-18-9-6-15-5-4-12-22-15/h4-5,12,14,18H,6-11,13H2,1-3H3. The van der Waals surface area contributed by atoms with Gasteiger partial charge in [0.1, 0.15) is 5.60 Å². The first-order valence-electron chi connectivity index (χ1n) is 8.15. The lowest BCUT2D eigenvalue weighted by atomic mass is 9.97. The zero-order valence-corrected chi connectivity index (χ0v) is 14.7. The molecule has 22 heavy (non-hydrogen) atoms. The van der Waals surface area contributed by atoms with Gasteiger partial charge < -0.3 is 15.0 Å². The molecule has 0 atom stereocenters. The van der Waals surface area contributed by atoms with Crippen LogP contribution in [0.4, 0.5) is 4.79 Å². The van der Waals surface area contributed by atoms with Crippen molar-refractivity contribution in [2.45, 2.75) is 45.6 Å². The van der Waals surface area contributed by atoms with Crippen LogP contribution in [0, 0.1) is 5.92 Å². The van der Waals surface area contributed by atoms with Crippen LogP contribution in [0.3, 0.4) is 0 Å². The van der Waals surface area contributed by atoms with E-state index in [9.17, 15) is 4.79 Å². The Morgan fingerprint density at radius 1 is 1.41 bits per heavy atom. The smallest absolute Gasteiger partial charge is 0.410 e. The highest BCUT2D eigenvalue weighted by Gasteiger charge is 2.26. The number of thiophene rings is 1. The maximum Gasteiger partial charge on any atom is 0.410 e. The molecule has 0 unspecified atom stereocenters. The van der Waals surface area contributed by atoms with Crippen molar-refractivity contribution in [1.82, 2.24) is 10.2 Å². The van der Waals surface area contributed by atoms with Crippen molar-refractivity contribution in [3.63, 3.8) is 0 Å². The van der Waals surface area contributed by atoms with Crippen molar-refractivity contribution in [1.29, 1.82) is 0 Å². The summed E-state index contributed by atoms with van der Waals surface area (Å²) in [6.07, 6.45) is 3.06. The highest BCUT2D eigenvalue weighted by molar-refractivity contribution is 7.09. The second kappa shape index (κ2) is 7.97. The summed E-state index contributed by atoms with van der Waals surface area (Å²) in [5.41, 5.74) is -0.405. The molecule has 1 amide bonds. The van der Waals surface area contributed by atoms with Gasteiger partial charge in [-0.25, -0.2) is 4.79 Å². The van der Waals surface area contributed by atoms with Crippen LogP contribution in [-0.4, -0.2) is 42.8 Å². The SMILES string of the molecule is CC(C)(C)OC(=O)N1CCC(CNCCc2cccs2)CC1. The molecule has 1 aromatic rings. The molecule has 1 aliphatic rings. The second-order valence-electron chi connectivity index (χ2n) is 6.94. The van der Waals surface area contributed by atoms with Crippen molar-refractivity contribution < 1.29 is 9.53 Å². The van der Waals surface area contributed by atoms with Crippen molar-refractivity contribution >= 4 is 17.4 Å². The Balaban J connectivity index is 1.59. The van der Waals surface area contributed by atoms with Gasteiger partial charge in [-0.2, -0.15) is 0 Å². The third kappa shape index (κ3) is 5.97. The maximum absolute atomic E-state index is 12.0. The number of carbonyl (C=O) groups is 1. The molecule has 0 saturated carbocycles. The average Bonchev–Trinajstić information content (AvgIpc) is 2.95. The number of piperidine rings is 1. The summed E-state index contributed by atoms with van der Waals surface area (Å²) in [7, 11) is 0. The molecular formula is C17H28N2O2S. The molecule has 0 aromatic carbocycles. The first kappa shape index (κ1) is 17.3. The molecule has 2 rings (SSSR count). The third-order valence-corrected chi connectivity index (χ3v) is 4.76. The summed E-state index contributed by atoms with van der Waals surface area (Å²) in [6.45, 7) is 9.44. The quantitative estimate of drug-likeness (QED) is 0.843. The van der Waals surface area contributed by atoms with Gasteiger partial charge in [0.2, 0.25) is 0 Å². The van der Waals surface area contributed by atoms with E-state index in [1.165, 1.54) is 4.88 Å². The van der Waals surface area contributed by atoms with E-state index in [1.54, 1.807) is 0 Å². The molecule has 5 heteroatoms. The van der Waals surface area contributed by atoms with E-state index in [4.69, 9.17) is 4.74 Å². The minimum Gasteiger partial charge on any atom is -0.444 e. The van der Waals surface area contributed by atoms with Crippen LogP contribution in [0.25, 0.3) is 0 Å². The molecule has 1 saturated heterocycles. The number of rotatable bonds is 5. The molecule has 2 heterocycles. The van der Waals surface area contributed by atoms with Crippen molar-refractivity contribution in [3.05, 3.63) is 22.4 Å². The molecule has 1 aliphatic heterocycles. The normalized spacial score (nSPS) is 16.8. The van der Waals surface area contributed by atoms with E-state index in [0.29, 0.717) is 5.92 Å². The minimum atomic E-state index is -0.405. The molecular weight excluding hydrogens is 296 g/mol. The van der Waals surface area contributed by atoms with E-state index in [0.717, 1.165) is 45.4 Å². The lowest BCUT2D eigenvalue weighted by molar-refractivity contribution is 0.0184. The number of nitrogens with one attached hydrogen (secondary N) is 1. The summed E-state index contributed by atoms with van der Waals surface area (Å²) >= 11 is 1.82. The topological polar surface area (TPSA) is 41.6 Å². The number of ether oxygens (including phenoxy) is 1. The Bertz CT molecular complexity index is 446. The zero-order valence-electron chi connectivity index (χ0n) is 13.9. The fourth-order valence-electron chi connectivity index (χ4n) is 2.62. The lowest BCUT2D eigenvalue weighted by Crippen LogP contribution is -2.43. The van der Waals surface area contributed by atoms with E-state index < -0.39 is 5.60 Å². The van der Waals surface area contributed by atoms with Crippen LogP contribution in [0.1, 0.15) is 38.5 Å². The zero-order chi connectivity index (χ0) is 16.0. The summed E-state index contributed by atoms with van der Waals surface area (Å²) < 4.78 is 5.42. The Morgan fingerprint density at radius 3 is 2.73 bits per heavy atom. The second-order valence-corrected chi connectivity index (χ2v) is 7.98. The van der Waals surface area contributed by atoms with E-state index >= 15 is 0 Å². The van der Waals surface area contributed by atoms with E-state index in [1.807, 2.05) is 37.0 Å². The van der Waals surface area contributed by atoms with Gasteiger partial charge in [0.25, 0.3) is 0 Å². The molecule has 1 N–H and O–H groups in total. The summed E-state index contributed by atoms with van der Waals surface area (Å²) in [5.74, 6) is 0.669. The largest absolute Gasteiger partial charge is 0.444 e. The van der Waals surface area contributed by atoms with Gasteiger partial charge in [-0.1, -0.05) is 6.07 Å². The van der Waals surface area contributed by atoms with Gasteiger partial charge in [-0.3, -0.25) is 0 Å². The minimum absolute atomic E-state index is 0.170. The van der Waals surface area contributed by atoms with Crippen LogP contribution in [0.15, 0.2) is 17.5 Å². The predicted octanol–water partition coefficient (Wildman–Crippen LogP) is 3.53. The maximum atomic E-state index is 12.0. The van der Waals surface area contributed by atoms with Crippen LogP contribution < -0.4 is 5.32 Å². The van der Waals surface area contributed by atoms with Gasteiger partial charge >= 0.3 is 6.09 Å². The highest BCUT2D eigenvalue weighted by Crippen LogP contribution is 2.19.